The number of nitrogens with two attached hydrogens (primary N) is 1. The van der Waals surface area contributed by atoms with Crippen LogP contribution in [-0.4, -0.2) is 28.9 Å². The molecule has 0 saturated heterocycles. The number of carbonyl (C=O) groups is 1. The SMILES string of the molecule is CC.CC1C(=O)N(C)C(N)=NC1c1scc(Br)c1O. The number of aromatic hydroxyl groups is 1. The molecule has 7 heteroatoms. The molecule has 1 aromatic rings. The molecule has 2 rings (SSSR count). The van der Waals surface area contributed by atoms with E-state index >= 15 is 0 Å². The molecule has 19 heavy (non-hydrogen) atoms. The molecule has 2 atom stereocenters. The molecule has 0 bridgehead atoms. The summed E-state index contributed by atoms with van der Waals surface area (Å²) in [6.07, 6.45) is 0. The van der Waals surface area contributed by atoms with E-state index in [1.54, 1.807) is 19.4 Å². The Labute approximate surface area is 125 Å². The van der Waals surface area contributed by atoms with Gasteiger partial charge in [0.05, 0.1) is 15.3 Å². The first-order chi connectivity index (χ1) is 8.93. The van der Waals surface area contributed by atoms with E-state index in [2.05, 4.69) is 20.9 Å². The lowest BCUT2D eigenvalue weighted by molar-refractivity contribution is -0.131. The van der Waals surface area contributed by atoms with Crippen molar-refractivity contribution in [3.63, 3.8) is 0 Å². The van der Waals surface area contributed by atoms with Crippen molar-refractivity contribution in [3.8, 4) is 5.75 Å². The van der Waals surface area contributed by atoms with Crippen LogP contribution in [0, 0.1) is 5.92 Å². The second-order valence-corrected chi connectivity index (χ2v) is 5.68. The van der Waals surface area contributed by atoms with Crippen LogP contribution >= 0.6 is 27.3 Å². The summed E-state index contributed by atoms with van der Waals surface area (Å²) >= 11 is 4.59. The fourth-order valence-electron chi connectivity index (χ4n) is 1.73. The normalized spacial score (nSPS) is 22.7. The Morgan fingerprint density at radius 2 is 2.11 bits per heavy atom. The van der Waals surface area contributed by atoms with Crippen molar-refractivity contribution < 1.29 is 9.90 Å². The van der Waals surface area contributed by atoms with Crippen molar-refractivity contribution in [1.29, 1.82) is 0 Å². The number of guanidine groups is 1. The van der Waals surface area contributed by atoms with Crippen LogP contribution in [0.4, 0.5) is 0 Å². The van der Waals surface area contributed by atoms with Gasteiger partial charge in [0.15, 0.2) is 5.96 Å². The lowest BCUT2D eigenvalue weighted by Crippen LogP contribution is -2.46. The highest BCUT2D eigenvalue weighted by atomic mass is 79.9. The minimum absolute atomic E-state index is 0.0913. The van der Waals surface area contributed by atoms with Crippen LogP contribution in [0.5, 0.6) is 5.75 Å². The maximum absolute atomic E-state index is 11.9. The quantitative estimate of drug-likeness (QED) is 0.819. The first-order valence-corrected chi connectivity index (χ1v) is 7.67. The lowest BCUT2D eigenvalue weighted by Gasteiger charge is -2.30. The van der Waals surface area contributed by atoms with E-state index < -0.39 is 6.04 Å². The third kappa shape index (κ3) is 2.92. The summed E-state index contributed by atoms with van der Waals surface area (Å²) in [5.41, 5.74) is 5.68. The fourth-order valence-corrected chi connectivity index (χ4v) is 3.32. The summed E-state index contributed by atoms with van der Waals surface area (Å²) in [7, 11) is 1.60. The van der Waals surface area contributed by atoms with Gasteiger partial charge >= 0.3 is 0 Å². The van der Waals surface area contributed by atoms with Gasteiger partial charge in [-0.1, -0.05) is 20.8 Å². The molecule has 1 aliphatic rings. The summed E-state index contributed by atoms with van der Waals surface area (Å²) in [6.45, 7) is 5.78. The molecule has 2 unspecified atom stereocenters. The number of thiophene rings is 1. The number of hydrogen-bond donors (Lipinski definition) is 2. The summed E-state index contributed by atoms with van der Waals surface area (Å²) in [5.74, 6) is -0.0991. The third-order valence-electron chi connectivity index (χ3n) is 2.83. The zero-order valence-corrected chi connectivity index (χ0v) is 13.7. The highest BCUT2D eigenvalue weighted by molar-refractivity contribution is 9.10. The summed E-state index contributed by atoms with van der Waals surface area (Å²) in [5, 5.41) is 11.6. The van der Waals surface area contributed by atoms with Crippen LogP contribution in [0.1, 0.15) is 31.7 Å². The maximum Gasteiger partial charge on any atom is 0.234 e. The van der Waals surface area contributed by atoms with Crippen molar-refractivity contribution in [2.75, 3.05) is 7.05 Å². The van der Waals surface area contributed by atoms with Gasteiger partial charge in [-0.2, -0.15) is 0 Å². The predicted octanol–water partition coefficient (Wildman–Crippen LogP) is 2.71. The Bertz CT molecular complexity index is 501. The minimum Gasteiger partial charge on any atom is -0.506 e. The highest BCUT2D eigenvalue weighted by Gasteiger charge is 2.36. The summed E-state index contributed by atoms with van der Waals surface area (Å²) in [6, 6.07) is -0.407. The van der Waals surface area contributed by atoms with Crippen molar-refractivity contribution in [2.45, 2.75) is 26.8 Å². The molecule has 0 spiro atoms. The van der Waals surface area contributed by atoms with Crippen LogP contribution in [0.25, 0.3) is 0 Å². The number of nitrogens with zero attached hydrogens (tertiary/aromatic N) is 2. The molecule has 0 radical (unpaired) electrons. The second-order valence-electron chi connectivity index (χ2n) is 3.91. The van der Waals surface area contributed by atoms with E-state index in [4.69, 9.17) is 5.73 Å². The van der Waals surface area contributed by atoms with Crippen molar-refractivity contribution in [2.24, 2.45) is 16.6 Å². The monoisotopic (exact) mass is 347 g/mol. The highest BCUT2D eigenvalue weighted by Crippen LogP contribution is 2.43. The molecule has 1 aromatic heterocycles. The smallest absolute Gasteiger partial charge is 0.234 e. The number of amides is 1. The molecule has 5 nitrogen and oxygen atoms in total. The number of rotatable bonds is 1. The van der Waals surface area contributed by atoms with Gasteiger partial charge in [-0.25, -0.2) is 4.99 Å². The van der Waals surface area contributed by atoms with Crippen LogP contribution in [0.2, 0.25) is 0 Å². The van der Waals surface area contributed by atoms with E-state index in [9.17, 15) is 9.90 Å². The zero-order chi connectivity index (χ0) is 14.7. The molecular formula is C12H18BrN3O2S. The van der Waals surface area contributed by atoms with Gasteiger partial charge in [0.1, 0.15) is 11.8 Å². The number of halogens is 1. The second kappa shape index (κ2) is 6.38. The van der Waals surface area contributed by atoms with E-state index in [0.29, 0.717) is 9.35 Å². The molecule has 0 saturated carbocycles. The Balaban J connectivity index is 0.000000861. The Morgan fingerprint density at radius 3 is 2.58 bits per heavy atom. The predicted molar refractivity (Wildman–Crippen MR) is 81.3 cm³/mol. The molecule has 1 aliphatic heterocycles. The van der Waals surface area contributed by atoms with Gasteiger partial charge in [-0.15, -0.1) is 11.3 Å². The first-order valence-electron chi connectivity index (χ1n) is 6.00. The summed E-state index contributed by atoms with van der Waals surface area (Å²) in [4.78, 5) is 18.2. The topological polar surface area (TPSA) is 78.9 Å². The van der Waals surface area contributed by atoms with E-state index in [-0.39, 0.29) is 23.5 Å². The molecule has 0 aromatic carbocycles. The number of hydrogen-bond acceptors (Lipinski definition) is 5. The first kappa shape index (κ1) is 16.0. The molecule has 0 fully saturated rings. The summed E-state index contributed by atoms with van der Waals surface area (Å²) < 4.78 is 0.616. The molecule has 3 N–H and O–H groups in total. The van der Waals surface area contributed by atoms with Gasteiger partial charge in [0, 0.05) is 12.4 Å². The fraction of sp³-hybridized carbons (Fsp3) is 0.500. The molecular weight excluding hydrogens is 330 g/mol. The average Bonchev–Trinajstić information content (AvgIpc) is 2.74. The van der Waals surface area contributed by atoms with Crippen LogP contribution in [-0.2, 0) is 4.79 Å². The van der Waals surface area contributed by atoms with Crippen molar-refractivity contribution in [3.05, 3.63) is 14.7 Å². The van der Waals surface area contributed by atoms with Gasteiger partial charge in [-0.05, 0) is 15.9 Å². The van der Waals surface area contributed by atoms with Crippen LogP contribution < -0.4 is 5.73 Å². The van der Waals surface area contributed by atoms with Gasteiger partial charge in [0.25, 0.3) is 0 Å². The maximum atomic E-state index is 11.9. The largest absolute Gasteiger partial charge is 0.506 e. The van der Waals surface area contributed by atoms with E-state index in [1.807, 2.05) is 13.8 Å². The van der Waals surface area contributed by atoms with Gasteiger partial charge in [-0.3, -0.25) is 9.69 Å². The number of aliphatic imine (C=N–C) groups is 1. The Hall–Kier alpha value is -1.08. The van der Waals surface area contributed by atoms with Gasteiger partial charge < -0.3 is 10.8 Å². The lowest BCUT2D eigenvalue weighted by atomic mass is 9.97. The van der Waals surface area contributed by atoms with Crippen LogP contribution in [0.3, 0.4) is 0 Å². The number of carbonyl (C=O) groups excluding carboxylic acids is 1. The van der Waals surface area contributed by atoms with Crippen LogP contribution in [0.15, 0.2) is 14.8 Å². The molecule has 1 amide bonds. The zero-order valence-electron chi connectivity index (χ0n) is 11.3. The average molecular weight is 348 g/mol. The van der Waals surface area contributed by atoms with Gasteiger partial charge in [0.2, 0.25) is 5.91 Å². The molecule has 0 aliphatic carbocycles. The Morgan fingerprint density at radius 1 is 1.53 bits per heavy atom. The van der Waals surface area contributed by atoms with Crippen molar-refractivity contribution >= 4 is 39.1 Å². The van der Waals surface area contributed by atoms with Crippen molar-refractivity contribution in [1.82, 2.24) is 4.90 Å². The Kier molecular flexibility index (Phi) is 5.37. The minimum atomic E-state index is -0.407. The third-order valence-corrected chi connectivity index (χ3v) is 4.78. The molecule has 2 heterocycles. The van der Waals surface area contributed by atoms with E-state index in [0.717, 1.165) is 0 Å². The van der Waals surface area contributed by atoms with E-state index in [1.165, 1.54) is 16.2 Å². The molecule has 106 valence electrons. The standard InChI is InChI=1S/C10H12BrN3O2S.C2H6/c1-4-6(8-7(15)5(11)3-17-8)13-10(12)14(2)9(4)16;1-2/h3-4,6,15H,1-2H3,(H2,12,13);1-2H3.